The summed E-state index contributed by atoms with van der Waals surface area (Å²) >= 11 is 0. The maximum atomic E-state index is 12.4. The predicted molar refractivity (Wildman–Crippen MR) is 80.2 cm³/mol. The Morgan fingerprint density at radius 1 is 1.38 bits per heavy atom. The lowest BCUT2D eigenvalue weighted by atomic mass is 9.89. The van der Waals surface area contributed by atoms with Gasteiger partial charge in [-0.3, -0.25) is 0 Å². The smallest absolute Gasteiger partial charge is 0.242 e. The summed E-state index contributed by atoms with van der Waals surface area (Å²) in [6.45, 7) is 2.99. The first-order chi connectivity index (χ1) is 10.0. The fourth-order valence-corrected chi connectivity index (χ4v) is 5.18. The van der Waals surface area contributed by atoms with Crippen LogP contribution in [0.1, 0.15) is 38.3 Å². The molecule has 3 atom stereocenters. The molecule has 6 heteroatoms. The summed E-state index contributed by atoms with van der Waals surface area (Å²) in [4.78, 5) is 0.261. The van der Waals surface area contributed by atoms with Crippen molar-refractivity contribution in [3.8, 4) is 0 Å². The first-order valence-corrected chi connectivity index (χ1v) is 9.31. The number of hydrogen-bond donors (Lipinski definition) is 2. The summed E-state index contributed by atoms with van der Waals surface area (Å²) < 4.78 is 29.3. The monoisotopic (exact) mass is 312 g/mol. The molecule has 0 amide bonds. The van der Waals surface area contributed by atoms with Gasteiger partial charge in [-0.15, -0.1) is 0 Å². The van der Waals surface area contributed by atoms with E-state index in [0.717, 1.165) is 5.92 Å². The van der Waals surface area contributed by atoms with Crippen LogP contribution in [0.25, 0.3) is 0 Å². The minimum Gasteiger partial charge on any atom is -0.390 e. The minimum absolute atomic E-state index is 0.143. The number of aryl methyl sites for hydroxylation is 1. The molecule has 0 radical (unpaired) electrons. The number of aliphatic hydroxyl groups is 1. The number of nitrogens with zero attached hydrogens (tertiary/aromatic N) is 1. The molecule has 2 fully saturated rings. The molecule has 21 heavy (non-hydrogen) atoms. The Hall–Kier alpha value is -0.850. The van der Waals surface area contributed by atoms with E-state index >= 15 is 0 Å². The molecule has 5 nitrogen and oxygen atoms in total. The lowest BCUT2D eigenvalue weighted by Crippen LogP contribution is -2.31. The maximum Gasteiger partial charge on any atom is 0.242 e. The van der Waals surface area contributed by atoms with Crippen LogP contribution in [0.3, 0.4) is 0 Å². The molecule has 2 bridgehead atoms. The average molecular weight is 312 g/mol. The van der Waals surface area contributed by atoms with E-state index < -0.39 is 10.0 Å². The highest BCUT2D eigenvalue weighted by molar-refractivity contribution is 7.89. The summed E-state index contributed by atoms with van der Waals surface area (Å²) in [7, 11) is -3.47. The van der Waals surface area contributed by atoms with Gasteiger partial charge in [-0.05, 0) is 50.0 Å². The summed E-state index contributed by atoms with van der Waals surface area (Å²) in [5, 5.41) is 9.27. The highest BCUT2D eigenvalue weighted by Gasteiger charge is 2.39. The molecule has 1 heterocycles. The number of aliphatic hydroxyl groups excluding tert-OH is 1. The van der Waals surface area contributed by atoms with Crippen molar-refractivity contribution >= 4 is 10.0 Å². The second kappa shape index (κ2) is 5.74. The van der Waals surface area contributed by atoms with Gasteiger partial charge in [0.15, 0.2) is 0 Å². The molecule has 118 valence electrons. The third-order valence-electron chi connectivity index (χ3n) is 5.19. The zero-order valence-electron chi connectivity index (χ0n) is 12.5. The average Bonchev–Trinajstić information content (AvgIpc) is 3.18. The van der Waals surface area contributed by atoms with Crippen LogP contribution in [0.2, 0.25) is 0 Å². The first kappa shape index (κ1) is 15.1. The Morgan fingerprint density at radius 2 is 2.19 bits per heavy atom. The fraction of sp³-hybridized carbons (Fsp3) is 0.733. The van der Waals surface area contributed by atoms with Gasteiger partial charge in [0.25, 0.3) is 0 Å². The standard InChI is InChI=1S/C15H24N2O3S/c1-2-17-9-15(7-14(17)10-18)21(19,20)16-8-13-6-11-3-4-12(13)5-11/h7,9,11-13,16,18H,2-6,8,10H2,1H3. The minimum atomic E-state index is -3.47. The van der Waals surface area contributed by atoms with Gasteiger partial charge in [0.1, 0.15) is 0 Å². The van der Waals surface area contributed by atoms with Crippen molar-refractivity contribution in [3.05, 3.63) is 18.0 Å². The zero-order valence-corrected chi connectivity index (χ0v) is 13.3. The zero-order chi connectivity index (χ0) is 15.0. The van der Waals surface area contributed by atoms with Crippen molar-refractivity contribution in [2.24, 2.45) is 17.8 Å². The van der Waals surface area contributed by atoms with E-state index in [1.165, 1.54) is 25.7 Å². The van der Waals surface area contributed by atoms with Crippen LogP contribution in [-0.4, -0.2) is 24.6 Å². The molecule has 3 unspecified atom stereocenters. The van der Waals surface area contributed by atoms with Gasteiger partial charge in [-0.25, -0.2) is 13.1 Å². The van der Waals surface area contributed by atoms with Gasteiger partial charge in [0, 0.05) is 25.0 Å². The van der Waals surface area contributed by atoms with E-state index in [9.17, 15) is 13.5 Å². The Kier molecular flexibility index (Phi) is 4.12. The lowest BCUT2D eigenvalue weighted by molar-refractivity contribution is 0.271. The molecule has 0 saturated heterocycles. The fourth-order valence-electron chi connectivity index (χ4n) is 4.03. The van der Waals surface area contributed by atoms with Gasteiger partial charge in [-0.1, -0.05) is 6.42 Å². The first-order valence-electron chi connectivity index (χ1n) is 7.83. The molecular formula is C15H24N2O3S. The van der Waals surface area contributed by atoms with Crippen molar-refractivity contribution in [2.75, 3.05) is 6.54 Å². The van der Waals surface area contributed by atoms with Crippen LogP contribution in [0.4, 0.5) is 0 Å². The highest BCUT2D eigenvalue weighted by atomic mass is 32.2. The van der Waals surface area contributed by atoms with E-state index in [4.69, 9.17) is 0 Å². The van der Waals surface area contributed by atoms with Crippen LogP contribution in [0.15, 0.2) is 17.2 Å². The van der Waals surface area contributed by atoms with Crippen molar-refractivity contribution in [3.63, 3.8) is 0 Å². The largest absolute Gasteiger partial charge is 0.390 e. The highest BCUT2D eigenvalue weighted by Crippen LogP contribution is 2.48. The van der Waals surface area contributed by atoms with E-state index in [2.05, 4.69) is 4.72 Å². The van der Waals surface area contributed by atoms with Gasteiger partial charge in [0.2, 0.25) is 10.0 Å². The van der Waals surface area contributed by atoms with Crippen LogP contribution < -0.4 is 4.72 Å². The normalized spacial score (nSPS) is 28.4. The van der Waals surface area contributed by atoms with Gasteiger partial charge in [0.05, 0.1) is 11.5 Å². The van der Waals surface area contributed by atoms with Crippen LogP contribution >= 0.6 is 0 Å². The van der Waals surface area contributed by atoms with Crippen LogP contribution in [0, 0.1) is 17.8 Å². The molecule has 0 spiro atoms. The van der Waals surface area contributed by atoms with Crippen LogP contribution in [-0.2, 0) is 23.2 Å². The third-order valence-corrected chi connectivity index (χ3v) is 6.58. The van der Waals surface area contributed by atoms with Crippen molar-refractivity contribution < 1.29 is 13.5 Å². The molecule has 3 rings (SSSR count). The lowest BCUT2D eigenvalue weighted by Gasteiger charge is -2.21. The van der Waals surface area contributed by atoms with Gasteiger partial charge >= 0.3 is 0 Å². The Morgan fingerprint density at radius 3 is 2.71 bits per heavy atom. The molecule has 0 aliphatic heterocycles. The molecule has 1 aromatic heterocycles. The SMILES string of the molecule is CCn1cc(S(=O)(=O)NCC2CC3CCC2C3)cc1CO. The number of fused-ring (bicyclic) bond motifs is 2. The van der Waals surface area contributed by atoms with Crippen molar-refractivity contribution in [1.82, 2.24) is 9.29 Å². The number of sulfonamides is 1. The molecule has 2 aliphatic rings. The summed E-state index contributed by atoms with van der Waals surface area (Å²) in [5.41, 5.74) is 0.637. The van der Waals surface area contributed by atoms with Crippen molar-refractivity contribution in [1.29, 1.82) is 0 Å². The van der Waals surface area contributed by atoms with E-state index in [1.54, 1.807) is 16.8 Å². The van der Waals surface area contributed by atoms with Crippen LogP contribution in [0.5, 0.6) is 0 Å². The third kappa shape index (κ3) is 2.89. The summed E-state index contributed by atoms with van der Waals surface area (Å²) in [5.74, 6) is 2.04. The number of nitrogens with one attached hydrogen (secondary N) is 1. The van der Waals surface area contributed by atoms with Crippen molar-refractivity contribution in [2.45, 2.75) is 50.7 Å². The Balaban J connectivity index is 1.67. The second-order valence-electron chi connectivity index (χ2n) is 6.40. The molecule has 1 aromatic rings. The molecule has 2 N–H and O–H groups in total. The van der Waals surface area contributed by atoms with E-state index in [0.29, 0.717) is 30.6 Å². The van der Waals surface area contributed by atoms with E-state index in [-0.39, 0.29) is 11.5 Å². The molecule has 2 aliphatic carbocycles. The van der Waals surface area contributed by atoms with Gasteiger partial charge < -0.3 is 9.67 Å². The summed E-state index contributed by atoms with van der Waals surface area (Å²) in [6, 6.07) is 1.56. The maximum absolute atomic E-state index is 12.4. The van der Waals surface area contributed by atoms with Gasteiger partial charge in [-0.2, -0.15) is 0 Å². The molecule has 2 saturated carbocycles. The van der Waals surface area contributed by atoms with E-state index in [1.807, 2.05) is 6.92 Å². The topological polar surface area (TPSA) is 71.3 Å². The number of rotatable bonds is 6. The summed E-state index contributed by atoms with van der Waals surface area (Å²) in [6.07, 6.45) is 6.65. The second-order valence-corrected chi connectivity index (χ2v) is 8.17. The molecular weight excluding hydrogens is 288 g/mol. The number of aromatic nitrogens is 1. The number of hydrogen-bond acceptors (Lipinski definition) is 3. The Labute approximate surface area is 126 Å². The predicted octanol–water partition coefficient (Wildman–Crippen LogP) is 1.71. The Bertz CT molecular complexity index is 587. The molecule has 0 aromatic carbocycles. The quantitative estimate of drug-likeness (QED) is 0.840.